The number of aromatic amines is 1. The van der Waals surface area contributed by atoms with Crippen molar-refractivity contribution in [3.05, 3.63) is 28.3 Å². The van der Waals surface area contributed by atoms with Gasteiger partial charge in [-0.15, -0.1) is 0 Å². The Morgan fingerprint density at radius 1 is 1.58 bits per heavy atom. The van der Waals surface area contributed by atoms with E-state index in [1.165, 1.54) is 0 Å². The topological polar surface area (TPSA) is 50.7 Å². The Bertz CT molecular complexity index is 480. The Morgan fingerprint density at radius 2 is 2.33 bits per heavy atom. The highest BCUT2D eigenvalue weighted by atomic mass is 16.1. The van der Waals surface area contributed by atoms with E-state index in [9.17, 15) is 4.79 Å². The second-order valence-corrected chi connectivity index (χ2v) is 2.78. The first-order valence-corrected chi connectivity index (χ1v) is 3.71. The highest BCUT2D eigenvalue weighted by molar-refractivity contribution is 5.80. The van der Waals surface area contributed by atoms with Crippen LogP contribution in [0, 0.1) is 6.92 Å². The van der Waals surface area contributed by atoms with E-state index in [-0.39, 0.29) is 5.56 Å². The molecule has 2 heterocycles. The average Bonchev–Trinajstić information content (AvgIpc) is 2.29. The monoisotopic (exact) mass is 163 g/mol. The highest BCUT2D eigenvalue weighted by Crippen LogP contribution is 2.11. The van der Waals surface area contributed by atoms with Crippen LogP contribution in [0.1, 0.15) is 5.69 Å². The third kappa shape index (κ3) is 0.777. The zero-order valence-corrected chi connectivity index (χ0v) is 6.96. The quantitative estimate of drug-likeness (QED) is 0.617. The molecule has 4 heteroatoms. The molecule has 0 amide bonds. The normalized spacial score (nSPS) is 10.8. The Kier molecular flexibility index (Phi) is 1.30. The van der Waals surface area contributed by atoms with E-state index in [2.05, 4.69) is 10.1 Å². The molecular weight excluding hydrogens is 154 g/mol. The maximum Gasteiger partial charge on any atom is 0.274 e. The molecule has 0 aliphatic carbocycles. The van der Waals surface area contributed by atoms with Gasteiger partial charge in [0.15, 0.2) is 0 Å². The van der Waals surface area contributed by atoms with E-state index in [0.29, 0.717) is 5.52 Å². The number of hydrogen-bond donors (Lipinski definition) is 1. The lowest BCUT2D eigenvalue weighted by Gasteiger charge is -1.89. The maximum atomic E-state index is 11.3. The number of pyridine rings is 1. The van der Waals surface area contributed by atoms with Crippen LogP contribution < -0.4 is 5.56 Å². The van der Waals surface area contributed by atoms with Gasteiger partial charge in [0, 0.05) is 18.6 Å². The van der Waals surface area contributed by atoms with Crippen molar-refractivity contribution in [3.63, 3.8) is 0 Å². The van der Waals surface area contributed by atoms with Crippen molar-refractivity contribution < 1.29 is 0 Å². The number of H-pyrrole nitrogens is 1. The molecule has 62 valence electrons. The molecule has 2 aromatic heterocycles. The molecule has 0 unspecified atom stereocenters. The van der Waals surface area contributed by atoms with Gasteiger partial charge in [-0.1, -0.05) is 0 Å². The van der Waals surface area contributed by atoms with Gasteiger partial charge in [0.1, 0.15) is 5.52 Å². The van der Waals surface area contributed by atoms with Crippen LogP contribution in [0.2, 0.25) is 0 Å². The predicted molar refractivity (Wildman–Crippen MR) is 46.1 cm³/mol. The number of nitrogens with one attached hydrogen (secondary N) is 1. The molecule has 1 N–H and O–H groups in total. The third-order valence-corrected chi connectivity index (χ3v) is 1.95. The molecule has 0 bridgehead atoms. The van der Waals surface area contributed by atoms with Gasteiger partial charge in [-0.25, -0.2) is 0 Å². The van der Waals surface area contributed by atoms with Gasteiger partial charge in [0.25, 0.3) is 5.56 Å². The molecule has 0 spiro atoms. The van der Waals surface area contributed by atoms with Gasteiger partial charge in [0.2, 0.25) is 0 Å². The number of fused-ring (bicyclic) bond motifs is 1. The first kappa shape index (κ1) is 7.09. The molecule has 0 fully saturated rings. The standard InChI is InChI=1S/C8H9N3O/c1-5-6-3-4-9-8(12)7(6)11(2)10-5/h3-4H,1-2H3,(H,9,12). The zero-order valence-electron chi connectivity index (χ0n) is 6.96. The lowest BCUT2D eigenvalue weighted by Crippen LogP contribution is -2.08. The smallest absolute Gasteiger partial charge is 0.274 e. The fourth-order valence-corrected chi connectivity index (χ4v) is 1.41. The molecule has 12 heavy (non-hydrogen) atoms. The Labute approximate surface area is 68.8 Å². The molecule has 4 nitrogen and oxygen atoms in total. The van der Waals surface area contributed by atoms with Crippen LogP contribution >= 0.6 is 0 Å². The van der Waals surface area contributed by atoms with Crippen LogP contribution in [0.25, 0.3) is 10.9 Å². The second kappa shape index (κ2) is 2.20. The van der Waals surface area contributed by atoms with Crippen molar-refractivity contribution in [2.45, 2.75) is 6.92 Å². The SMILES string of the molecule is Cc1nn(C)c2c(=O)[nH]ccc12. The minimum Gasteiger partial charge on any atom is -0.327 e. The predicted octanol–water partition coefficient (Wildman–Crippen LogP) is 0.570. The van der Waals surface area contributed by atoms with Crippen LogP contribution in [-0.2, 0) is 7.05 Å². The molecule has 0 atom stereocenters. The molecule has 0 saturated carbocycles. The lowest BCUT2D eigenvalue weighted by molar-refractivity contribution is 0.779. The van der Waals surface area contributed by atoms with Crippen molar-refractivity contribution in [1.82, 2.24) is 14.8 Å². The molecular formula is C8H9N3O. The van der Waals surface area contributed by atoms with Gasteiger partial charge in [-0.3, -0.25) is 9.48 Å². The lowest BCUT2D eigenvalue weighted by atomic mass is 10.2. The van der Waals surface area contributed by atoms with Crippen molar-refractivity contribution in [2.24, 2.45) is 7.05 Å². The largest absolute Gasteiger partial charge is 0.327 e. The molecule has 0 aromatic carbocycles. The van der Waals surface area contributed by atoms with Crippen molar-refractivity contribution in [3.8, 4) is 0 Å². The number of hydrogen-bond acceptors (Lipinski definition) is 2. The molecule has 0 saturated heterocycles. The van der Waals surface area contributed by atoms with Gasteiger partial charge < -0.3 is 4.98 Å². The van der Waals surface area contributed by atoms with Crippen LogP contribution in [0.15, 0.2) is 17.1 Å². The van der Waals surface area contributed by atoms with Crippen LogP contribution in [0.3, 0.4) is 0 Å². The number of nitrogens with zero attached hydrogens (tertiary/aromatic N) is 2. The van der Waals surface area contributed by atoms with E-state index in [4.69, 9.17) is 0 Å². The fourth-order valence-electron chi connectivity index (χ4n) is 1.41. The summed E-state index contributed by atoms with van der Waals surface area (Å²) in [7, 11) is 1.77. The average molecular weight is 163 g/mol. The summed E-state index contributed by atoms with van der Waals surface area (Å²) >= 11 is 0. The summed E-state index contributed by atoms with van der Waals surface area (Å²) in [6.45, 7) is 1.89. The number of aromatic nitrogens is 3. The van der Waals surface area contributed by atoms with E-state index < -0.39 is 0 Å². The summed E-state index contributed by atoms with van der Waals surface area (Å²) in [5.41, 5.74) is 1.43. The summed E-state index contributed by atoms with van der Waals surface area (Å²) in [6.07, 6.45) is 1.64. The minimum absolute atomic E-state index is 0.0874. The number of rotatable bonds is 0. The fraction of sp³-hybridized carbons (Fsp3) is 0.250. The summed E-state index contributed by atoms with van der Waals surface area (Å²) < 4.78 is 1.60. The van der Waals surface area contributed by atoms with Crippen LogP contribution in [-0.4, -0.2) is 14.8 Å². The molecule has 2 rings (SSSR count). The first-order chi connectivity index (χ1) is 5.70. The molecule has 2 aromatic rings. The molecule has 0 aliphatic rings. The zero-order chi connectivity index (χ0) is 8.72. The second-order valence-electron chi connectivity index (χ2n) is 2.78. The Balaban J connectivity index is 3.09. The van der Waals surface area contributed by atoms with E-state index in [0.717, 1.165) is 11.1 Å². The van der Waals surface area contributed by atoms with Crippen molar-refractivity contribution in [2.75, 3.05) is 0 Å². The van der Waals surface area contributed by atoms with Crippen molar-refractivity contribution in [1.29, 1.82) is 0 Å². The Morgan fingerprint density at radius 3 is 3.00 bits per heavy atom. The minimum atomic E-state index is -0.0874. The van der Waals surface area contributed by atoms with Crippen LogP contribution in [0.5, 0.6) is 0 Å². The summed E-state index contributed by atoms with van der Waals surface area (Å²) in [6, 6.07) is 1.86. The van der Waals surface area contributed by atoms with Crippen molar-refractivity contribution >= 4 is 10.9 Å². The number of aryl methyl sites for hydroxylation is 2. The maximum absolute atomic E-state index is 11.3. The molecule has 0 radical (unpaired) electrons. The van der Waals surface area contributed by atoms with Gasteiger partial charge in [0.05, 0.1) is 5.69 Å². The summed E-state index contributed by atoms with van der Waals surface area (Å²) in [5, 5.41) is 5.07. The summed E-state index contributed by atoms with van der Waals surface area (Å²) in [4.78, 5) is 13.9. The van der Waals surface area contributed by atoms with Crippen LogP contribution in [0.4, 0.5) is 0 Å². The van der Waals surface area contributed by atoms with Gasteiger partial charge in [-0.05, 0) is 13.0 Å². The van der Waals surface area contributed by atoms with E-state index in [1.54, 1.807) is 17.9 Å². The van der Waals surface area contributed by atoms with E-state index in [1.807, 2.05) is 13.0 Å². The molecule has 0 aliphatic heterocycles. The van der Waals surface area contributed by atoms with Gasteiger partial charge in [-0.2, -0.15) is 5.10 Å². The van der Waals surface area contributed by atoms with E-state index >= 15 is 0 Å². The Hall–Kier alpha value is -1.58. The highest BCUT2D eigenvalue weighted by Gasteiger charge is 2.06. The first-order valence-electron chi connectivity index (χ1n) is 3.71. The third-order valence-electron chi connectivity index (χ3n) is 1.95. The summed E-state index contributed by atoms with van der Waals surface area (Å²) in [5.74, 6) is 0. The van der Waals surface area contributed by atoms with Gasteiger partial charge >= 0.3 is 0 Å².